The van der Waals surface area contributed by atoms with Crippen LogP contribution in [0.3, 0.4) is 0 Å². The molecule has 64 valence electrons. The lowest BCUT2D eigenvalue weighted by molar-refractivity contribution is 1.00. The van der Waals surface area contributed by atoms with Crippen LogP contribution in [-0.2, 0) is 0 Å². The predicted molar refractivity (Wildman–Crippen MR) is 55.2 cm³/mol. The molecular weight excluding hydrogens is 160 g/mol. The van der Waals surface area contributed by atoms with Crippen LogP contribution in [0.15, 0.2) is 53.7 Å². The third-order valence-electron chi connectivity index (χ3n) is 1.80. The Kier molecular flexibility index (Phi) is 2.23. The van der Waals surface area contributed by atoms with Gasteiger partial charge in [-0.2, -0.15) is 5.10 Å². The van der Waals surface area contributed by atoms with E-state index in [1.807, 2.05) is 48.6 Å². The number of nitrogens with zero attached hydrogens (tertiary/aromatic N) is 1. The van der Waals surface area contributed by atoms with Crippen LogP contribution in [0.5, 0.6) is 0 Å². The summed E-state index contributed by atoms with van der Waals surface area (Å²) in [5.41, 5.74) is 5.13. The van der Waals surface area contributed by atoms with E-state index >= 15 is 0 Å². The zero-order valence-corrected chi connectivity index (χ0v) is 7.14. The second-order valence-corrected chi connectivity index (χ2v) is 2.72. The Balaban J connectivity index is 2.32. The van der Waals surface area contributed by atoms with Crippen molar-refractivity contribution in [1.82, 2.24) is 5.43 Å². The molecule has 0 spiro atoms. The van der Waals surface area contributed by atoms with Crippen LogP contribution < -0.4 is 5.43 Å². The first-order valence-electron chi connectivity index (χ1n) is 4.18. The molecule has 2 nitrogen and oxygen atoms in total. The molecule has 0 fully saturated rings. The quantitative estimate of drug-likeness (QED) is 0.686. The van der Waals surface area contributed by atoms with Gasteiger partial charge in [-0.15, -0.1) is 0 Å². The van der Waals surface area contributed by atoms with Gasteiger partial charge in [0, 0.05) is 6.21 Å². The summed E-state index contributed by atoms with van der Waals surface area (Å²) in [6, 6.07) is 10.1. The van der Waals surface area contributed by atoms with Gasteiger partial charge in [0.05, 0.1) is 5.70 Å². The molecule has 13 heavy (non-hydrogen) atoms. The van der Waals surface area contributed by atoms with Crippen LogP contribution in [0, 0.1) is 0 Å². The van der Waals surface area contributed by atoms with Crippen LogP contribution in [0.25, 0.3) is 5.70 Å². The van der Waals surface area contributed by atoms with Gasteiger partial charge in [0.2, 0.25) is 0 Å². The molecule has 0 unspecified atom stereocenters. The predicted octanol–water partition coefficient (Wildman–Crippen LogP) is 2.17. The summed E-state index contributed by atoms with van der Waals surface area (Å²) in [6.45, 7) is 0. The van der Waals surface area contributed by atoms with Crippen molar-refractivity contribution in [2.75, 3.05) is 0 Å². The van der Waals surface area contributed by atoms with Gasteiger partial charge in [0.25, 0.3) is 0 Å². The number of hydrazone groups is 1. The molecule has 0 amide bonds. The first kappa shape index (κ1) is 7.80. The molecule has 1 aromatic rings. The van der Waals surface area contributed by atoms with Crippen LogP contribution >= 0.6 is 0 Å². The van der Waals surface area contributed by atoms with Gasteiger partial charge >= 0.3 is 0 Å². The topological polar surface area (TPSA) is 24.4 Å². The lowest BCUT2D eigenvalue weighted by atomic mass is 10.1. The van der Waals surface area contributed by atoms with Crippen molar-refractivity contribution >= 4 is 11.9 Å². The minimum absolute atomic E-state index is 1.02. The van der Waals surface area contributed by atoms with E-state index in [4.69, 9.17) is 0 Å². The van der Waals surface area contributed by atoms with Crippen molar-refractivity contribution in [2.24, 2.45) is 5.10 Å². The number of hydrogen-bond acceptors (Lipinski definition) is 2. The van der Waals surface area contributed by atoms with Crippen LogP contribution in [-0.4, -0.2) is 6.21 Å². The highest BCUT2D eigenvalue weighted by molar-refractivity contribution is 5.76. The molecule has 0 aliphatic carbocycles. The molecule has 1 aliphatic rings. The van der Waals surface area contributed by atoms with E-state index in [0.717, 1.165) is 11.3 Å². The number of benzene rings is 1. The van der Waals surface area contributed by atoms with Crippen molar-refractivity contribution < 1.29 is 0 Å². The van der Waals surface area contributed by atoms with Crippen LogP contribution in [0.2, 0.25) is 0 Å². The molecular formula is C11H10N2. The van der Waals surface area contributed by atoms with Crippen LogP contribution in [0.1, 0.15) is 5.56 Å². The van der Waals surface area contributed by atoms with Gasteiger partial charge in [-0.1, -0.05) is 36.4 Å². The number of allylic oxidation sites excluding steroid dienone is 3. The Morgan fingerprint density at radius 1 is 1.00 bits per heavy atom. The smallest absolute Gasteiger partial charge is 0.0634 e. The lowest BCUT2D eigenvalue weighted by Gasteiger charge is -2.03. The molecule has 0 radical (unpaired) electrons. The van der Waals surface area contributed by atoms with Crippen molar-refractivity contribution in [3.8, 4) is 0 Å². The third-order valence-corrected chi connectivity index (χ3v) is 1.80. The highest BCUT2D eigenvalue weighted by Gasteiger charge is 1.97. The first-order valence-corrected chi connectivity index (χ1v) is 4.18. The van der Waals surface area contributed by atoms with Gasteiger partial charge in [-0.3, -0.25) is 5.43 Å². The highest BCUT2D eigenvalue weighted by atomic mass is 15.3. The highest BCUT2D eigenvalue weighted by Crippen LogP contribution is 2.11. The van der Waals surface area contributed by atoms with Crippen molar-refractivity contribution in [2.45, 2.75) is 0 Å². The standard InChI is InChI=1S/C11H10N2/c1-2-6-10(7-3-1)11-8-4-5-9-12-13-11/h1-9,13H. The van der Waals surface area contributed by atoms with E-state index in [1.165, 1.54) is 0 Å². The zero-order valence-electron chi connectivity index (χ0n) is 7.14. The Morgan fingerprint density at radius 3 is 2.69 bits per heavy atom. The Bertz CT molecular complexity index is 361. The summed E-state index contributed by atoms with van der Waals surface area (Å²) in [4.78, 5) is 0. The number of nitrogens with one attached hydrogen (secondary N) is 1. The second kappa shape index (κ2) is 3.72. The van der Waals surface area contributed by atoms with E-state index in [2.05, 4.69) is 10.5 Å². The molecule has 0 atom stereocenters. The average Bonchev–Trinajstić information content (AvgIpc) is 2.47. The van der Waals surface area contributed by atoms with Gasteiger partial charge in [0.1, 0.15) is 0 Å². The van der Waals surface area contributed by atoms with Crippen molar-refractivity contribution in [1.29, 1.82) is 0 Å². The van der Waals surface area contributed by atoms with E-state index in [1.54, 1.807) is 6.21 Å². The van der Waals surface area contributed by atoms with Crippen molar-refractivity contribution in [3.05, 3.63) is 54.1 Å². The zero-order chi connectivity index (χ0) is 8.93. The molecule has 1 heterocycles. The molecule has 0 saturated heterocycles. The van der Waals surface area contributed by atoms with E-state index in [-0.39, 0.29) is 0 Å². The summed E-state index contributed by atoms with van der Waals surface area (Å²) in [6.07, 6.45) is 7.59. The fourth-order valence-electron chi connectivity index (χ4n) is 1.17. The van der Waals surface area contributed by atoms with Gasteiger partial charge in [-0.25, -0.2) is 0 Å². The first-order chi connectivity index (χ1) is 6.47. The van der Waals surface area contributed by atoms with E-state index in [0.29, 0.717) is 0 Å². The molecule has 1 N–H and O–H groups in total. The molecule has 0 saturated carbocycles. The van der Waals surface area contributed by atoms with Crippen LogP contribution in [0.4, 0.5) is 0 Å². The Hall–Kier alpha value is -1.83. The fraction of sp³-hybridized carbons (Fsp3) is 0. The normalized spacial score (nSPS) is 14.6. The minimum Gasteiger partial charge on any atom is -0.278 e. The average molecular weight is 170 g/mol. The maximum absolute atomic E-state index is 4.00. The summed E-state index contributed by atoms with van der Waals surface area (Å²) in [5, 5.41) is 4.00. The molecule has 1 aliphatic heterocycles. The molecule has 2 rings (SSSR count). The molecule has 2 heteroatoms. The van der Waals surface area contributed by atoms with Crippen molar-refractivity contribution in [3.63, 3.8) is 0 Å². The minimum atomic E-state index is 1.02. The fourth-order valence-corrected chi connectivity index (χ4v) is 1.17. The lowest BCUT2D eigenvalue weighted by Crippen LogP contribution is -2.02. The maximum Gasteiger partial charge on any atom is 0.0634 e. The molecule has 0 bridgehead atoms. The summed E-state index contributed by atoms with van der Waals surface area (Å²) < 4.78 is 0. The van der Waals surface area contributed by atoms with E-state index < -0.39 is 0 Å². The Labute approximate surface area is 77.3 Å². The van der Waals surface area contributed by atoms with E-state index in [9.17, 15) is 0 Å². The summed E-state index contributed by atoms with van der Waals surface area (Å²) >= 11 is 0. The largest absolute Gasteiger partial charge is 0.278 e. The molecule has 0 aromatic heterocycles. The monoisotopic (exact) mass is 170 g/mol. The van der Waals surface area contributed by atoms with Gasteiger partial charge in [-0.05, 0) is 17.7 Å². The van der Waals surface area contributed by atoms with Gasteiger partial charge in [0.15, 0.2) is 0 Å². The van der Waals surface area contributed by atoms with Gasteiger partial charge < -0.3 is 0 Å². The SMILES string of the molecule is C1=CC=C(c2ccccc2)NN=C1. The summed E-state index contributed by atoms with van der Waals surface area (Å²) in [7, 11) is 0. The number of rotatable bonds is 1. The Morgan fingerprint density at radius 2 is 1.85 bits per heavy atom. The summed E-state index contributed by atoms with van der Waals surface area (Å²) in [5.74, 6) is 0. The maximum atomic E-state index is 4.00. The third kappa shape index (κ3) is 1.85. The second-order valence-electron chi connectivity index (χ2n) is 2.72. The molecule has 1 aromatic carbocycles. The number of hydrogen-bond donors (Lipinski definition) is 1.